The molecule has 104 valence electrons. The Morgan fingerprint density at radius 2 is 1.95 bits per heavy atom. The van der Waals surface area contributed by atoms with Crippen LogP contribution in [0, 0.1) is 6.92 Å². The SMILES string of the molecule is CCCCN1[C@H](C(=O)OCC)[C@H]1c1ccc(C)cc1. The molecule has 19 heavy (non-hydrogen) atoms. The van der Waals surface area contributed by atoms with Gasteiger partial charge in [0, 0.05) is 0 Å². The lowest BCUT2D eigenvalue weighted by Crippen LogP contribution is -2.16. The normalized spacial score (nSPS) is 25.1. The Bertz CT molecular complexity index is 427. The monoisotopic (exact) mass is 261 g/mol. The Hall–Kier alpha value is -1.35. The van der Waals surface area contributed by atoms with E-state index in [2.05, 4.69) is 43.0 Å². The van der Waals surface area contributed by atoms with Crippen molar-refractivity contribution in [1.29, 1.82) is 0 Å². The molecule has 0 N–H and O–H groups in total. The molecular formula is C16H23NO2. The molecule has 0 aliphatic carbocycles. The van der Waals surface area contributed by atoms with Crippen molar-refractivity contribution in [2.75, 3.05) is 13.2 Å². The summed E-state index contributed by atoms with van der Waals surface area (Å²) >= 11 is 0. The van der Waals surface area contributed by atoms with Gasteiger partial charge >= 0.3 is 5.97 Å². The summed E-state index contributed by atoms with van der Waals surface area (Å²) in [6.07, 6.45) is 2.27. The molecule has 2 rings (SSSR count). The molecule has 3 nitrogen and oxygen atoms in total. The molecule has 1 aromatic carbocycles. The molecule has 1 heterocycles. The number of ether oxygens (including phenoxy) is 1. The fourth-order valence-electron chi connectivity index (χ4n) is 2.52. The number of unbranched alkanes of at least 4 members (excludes halogenated alkanes) is 1. The molecule has 1 aliphatic rings. The van der Waals surface area contributed by atoms with E-state index < -0.39 is 0 Å². The predicted molar refractivity (Wildman–Crippen MR) is 76.0 cm³/mol. The van der Waals surface area contributed by atoms with E-state index in [0.29, 0.717) is 6.61 Å². The first-order chi connectivity index (χ1) is 9.19. The van der Waals surface area contributed by atoms with E-state index in [-0.39, 0.29) is 18.1 Å². The first-order valence-electron chi connectivity index (χ1n) is 7.18. The molecule has 1 unspecified atom stereocenters. The molecular weight excluding hydrogens is 238 g/mol. The Kier molecular flexibility index (Phi) is 4.59. The van der Waals surface area contributed by atoms with Crippen LogP contribution in [0.15, 0.2) is 24.3 Å². The van der Waals surface area contributed by atoms with Crippen LogP contribution < -0.4 is 0 Å². The molecule has 3 atom stereocenters. The smallest absolute Gasteiger partial charge is 0.325 e. The minimum atomic E-state index is -0.0795. The van der Waals surface area contributed by atoms with Crippen LogP contribution in [0.4, 0.5) is 0 Å². The van der Waals surface area contributed by atoms with E-state index in [1.54, 1.807) is 0 Å². The molecule has 0 radical (unpaired) electrons. The second-order valence-electron chi connectivity index (χ2n) is 5.14. The highest BCUT2D eigenvalue weighted by Gasteiger charge is 2.53. The number of nitrogens with zero attached hydrogens (tertiary/aromatic N) is 1. The van der Waals surface area contributed by atoms with E-state index in [0.717, 1.165) is 19.4 Å². The van der Waals surface area contributed by atoms with Crippen LogP contribution in [0.5, 0.6) is 0 Å². The van der Waals surface area contributed by atoms with Crippen LogP contribution in [-0.2, 0) is 9.53 Å². The summed E-state index contributed by atoms with van der Waals surface area (Å²) in [5.74, 6) is -0.0795. The molecule has 0 aromatic heterocycles. The van der Waals surface area contributed by atoms with Gasteiger partial charge < -0.3 is 4.74 Å². The molecule has 0 bridgehead atoms. The molecule has 3 heteroatoms. The number of aryl methyl sites for hydroxylation is 1. The van der Waals surface area contributed by atoms with Crippen LogP contribution in [0.3, 0.4) is 0 Å². The van der Waals surface area contributed by atoms with Crippen LogP contribution in [-0.4, -0.2) is 30.1 Å². The topological polar surface area (TPSA) is 29.3 Å². The minimum absolute atomic E-state index is 0.0748. The van der Waals surface area contributed by atoms with Crippen molar-refractivity contribution in [2.24, 2.45) is 0 Å². The zero-order chi connectivity index (χ0) is 13.8. The summed E-state index contributed by atoms with van der Waals surface area (Å²) in [6.45, 7) is 7.53. The van der Waals surface area contributed by atoms with E-state index in [1.807, 2.05) is 6.92 Å². The molecule has 0 saturated carbocycles. The lowest BCUT2D eigenvalue weighted by molar-refractivity contribution is -0.143. The van der Waals surface area contributed by atoms with Crippen molar-refractivity contribution < 1.29 is 9.53 Å². The van der Waals surface area contributed by atoms with Gasteiger partial charge in [0.2, 0.25) is 0 Å². The number of hydrogen-bond acceptors (Lipinski definition) is 3. The van der Waals surface area contributed by atoms with Crippen LogP contribution in [0.2, 0.25) is 0 Å². The van der Waals surface area contributed by atoms with E-state index in [1.165, 1.54) is 11.1 Å². The quantitative estimate of drug-likeness (QED) is 0.582. The van der Waals surface area contributed by atoms with Crippen molar-refractivity contribution in [2.45, 2.75) is 45.7 Å². The van der Waals surface area contributed by atoms with Crippen LogP contribution >= 0.6 is 0 Å². The highest BCUT2D eigenvalue weighted by Crippen LogP contribution is 2.43. The first-order valence-corrected chi connectivity index (χ1v) is 7.18. The van der Waals surface area contributed by atoms with Gasteiger partial charge in [0.05, 0.1) is 12.6 Å². The molecule has 1 aromatic rings. The number of benzene rings is 1. The molecule has 1 saturated heterocycles. The zero-order valence-corrected chi connectivity index (χ0v) is 12.1. The molecule has 1 aliphatic heterocycles. The Morgan fingerprint density at radius 1 is 1.26 bits per heavy atom. The Labute approximate surface area is 115 Å². The highest BCUT2D eigenvalue weighted by molar-refractivity contribution is 5.80. The maximum Gasteiger partial charge on any atom is 0.325 e. The molecule has 1 fully saturated rings. The molecule has 0 amide bonds. The largest absolute Gasteiger partial charge is 0.465 e. The second-order valence-corrected chi connectivity index (χ2v) is 5.14. The van der Waals surface area contributed by atoms with Gasteiger partial charge in [-0.2, -0.15) is 0 Å². The van der Waals surface area contributed by atoms with Gasteiger partial charge in [0.25, 0.3) is 0 Å². The minimum Gasteiger partial charge on any atom is -0.465 e. The highest BCUT2D eigenvalue weighted by atomic mass is 16.5. The first kappa shape index (κ1) is 14.1. The van der Waals surface area contributed by atoms with Crippen molar-refractivity contribution in [3.63, 3.8) is 0 Å². The van der Waals surface area contributed by atoms with Crippen LogP contribution in [0.1, 0.15) is 43.9 Å². The van der Waals surface area contributed by atoms with Crippen molar-refractivity contribution in [3.8, 4) is 0 Å². The third kappa shape index (κ3) is 3.16. The number of carbonyl (C=O) groups excluding carboxylic acids is 1. The van der Waals surface area contributed by atoms with Gasteiger partial charge in [0.1, 0.15) is 6.04 Å². The summed E-state index contributed by atoms with van der Waals surface area (Å²) in [5.41, 5.74) is 2.47. The summed E-state index contributed by atoms with van der Waals surface area (Å²) in [5, 5.41) is 0. The fourth-order valence-corrected chi connectivity index (χ4v) is 2.52. The van der Waals surface area contributed by atoms with Gasteiger partial charge in [-0.05, 0) is 32.4 Å². The number of hydrogen-bond donors (Lipinski definition) is 0. The van der Waals surface area contributed by atoms with E-state index >= 15 is 0 Å². The Morgan fingerprint density at radius 3 is 2.53 bits per heavy atom. The second kappa shape index (κ2) is 6.20. The van der Waals surface area contributed by atoms with E-state index in [9.17, 15) is 4.79 Å². The lowest BCUT2D eigenvalue weighted by atomic mass is 10.1. The van der Waals surface area contributed by atoms with Gasteiger partial charge in [0.15, 0.2) is 0 Å². The van der Waals surface area contributed by atoms with Gasteiger partial charge in [-0.1, -0.05) is 43.2 Å². The maximum absolute atomic E-state index is 12.0. The predicted octanol–water partition coefficient (Wildman–Crippen LogP) is 3.08. The van der Waals surface area contributed by atoms with Crippen molar-refractivity contribution >= 4 is 5.97 Å². The average molecular weight is 261 g/mol. The third-order valence-corrected chi connectivity index (χ3v) is 3.64. The van der Waals surface area contributed by atoms with Crippen molar-refractivity contribution in [3.05, 3.63) is 35.4 Å². The van der Waals surface area contributed by atoms with Gasteiger partial charge in [-0.25, -0.2) is 0 Å². The number of esters is 1. The maximum atomic E-state index is 12.0. The zero-order valence-electron chi connectivity index (χ0n) is 12.1. The number of rotatable bonds is 6. The summed E-state index contributed by atoms with van der Waals surface area (Å²) in [6, 6.07) is 8.60. The van der Waals surface area contributed by atoms with E-state index in [4.69, 9.17) is 4.74 Å². The van der Waals surface area contributed by atoms with Crippen LogP contribution in [0.25, 0.3) is 0 Å². The number of carbonyl (C=O) groups is 1. The third-order valence-electron chi connectivity index (χ3n) is 3.64. The lowest BCUT2D eigenvalue weighted by Gasteiger charge is -2.02. The fraction of sp³-hybridized carbons (Fsp3) is 0.562. The van der Waals surface area contributed by atoms with Gasteiger partial charge in [-0.15, -0.1) is 0 Å². The summed E-state index contributed by atoms with van der Waals surface area (Å²) in [7, 11) is 0. The summed E-state index contributed by atoms with van der Waals surface area (Å²) < 4.78 is 5.17. The standard InChI is InChI=1S/C16H23NO2/c1-4-6-11-17-14(15(17)16(18)19-5-2)13-9-7-12(3)8-10-13/h7-10,14-15H,4-6,11H2,1-3H3/t14-,15+,17?/m1/s1. The summed E-state index contributed by atoms with van der Waals surface area (Å²) in [4.78, 5) is 14.2. The van der Waals surface area contributed by atoms with Gasteiger partial charge in [-0.3, -0.25) is 9.69 Å². The average Bonchev–Trinajstić information content (AvgIpc) is 3.12. The Balaban J connectivity index is 2.08. The van der Waals surface area contributed by atoms with Crippen molar-refractivity contribution in [1.82, 2.24) is 4.90 Å². The molecule has 0 spiro atoms.